The summed E-state index contributed by atoms with van der Waals surface area (Å²) in [6, 6.07) is 8.56. The van der Waals surface area contributed by atoms with E-state index in [1.54, 1.807) is 7.05 Å². The van der Waals surface area contributed by atoms with Crippen LogP contribution in [0.1, 0.15) is 25.3 Å². The summed E-state index contributed by atoms with van der Waals surface area (Å²) in [6.45, 7) is 7.95. The van der Waals surface area contributed by atoms with Crippen molar-refractivity contribution in [2.24, 2.45) is 0 Å². The van der Waals surface area contributed by atoms with Crippen LogP contribution in [-0.4, -0.2) is 73.5 Å². The molecule has 2 aliphatic heterocycles. The van der Waals surface area contributed by atoms with Crippen LogP contribution in [0.15, 0.2) is 24.3 Å². The Balaban J connectivity index is 1.57. The molecule has 0 spiro atoms. The number of likely N-dealkylation sites (N-methyl/N-ethyl adjacent to an activating group) is 1. The molecule has 6 nitrogen and oxygen atoms in total. The Morgan fingerprint density at radius 2 is 1.88 bits per heavy atom. The summed E-state index contributed by atoms with van der Waals surface area (Å²) in [6.07, 6.45) is 1.46. The second-order valence-corrected chi connectivity index (χ2v) is 7.92. The molecule has 2 fully saturated rings. The highest BCUT2D eigenvalue weighted by Crippen LogP contribution is 2.29. The van der Waals surface area contributed by atoms with E-state index in [9.17, 15) is 9.90 Å². The van der Waals surface area contributed by atoms with Crippen molar-refractivity contribution in [3.05, 3.63) is 29.8 Å². The highest BCUT2D eigenvalue weighted by molar-refractivity contribution is 5.84. The number of amides is 1. The first-order valence-electron chi connectivity index (χ1n) is 9.46. The van der Waals surface area contributed by atoms with Gasteiger partial charge in [0.15, 0.2) is 5.60 Å². The maximum atomic E-state index is 12.1. The molecular weight excluding hydrogens is 330 g/mol. The molecule has 0 aromatic heterocycles. The topological polar surface area (TPSA) is 65.0 Å². The number of benzene rings is 1. The average molecular weight is 361 g/mol. The molecule has 2 aliphatic rings. The molecule has 1 aromatic carbocycles. The number of rotatable bonds is 4. The third-order valence-electron chi connectivity index (χ3n) is 5.67. The Morgan fingerprint density at radius 3 is 2.50 bits per heavy atom. The summed E-state index contributed by atoms with van der Waals surface area (Å²) in [5.74, 6) is -0.108. The van der Waals surface area contributed by atoms with Gasteiger partial charge in [-0.05, 0) is 38.8 Å². The first kappa shape index (κ1) is 19.1. The number of β-amino-alcohol motifs (C(OH)–C–C–N with tert-alkyl or cyclic N) is 1. The normalized spacial score (nSPS) is 26.5. The monoisotopic (exact) mass is 361 g/mol. The van der Waals surface area contributed by atoms with E-state index in [-0.39, 0.29) is 5.91 Å². The lowest BCUT2D eigenvalue weighted by Gasteiger charge is -2.45. The second kappa shape index (κ2) is 7.55. The largest absolute Gasteiger partial charge is 0.388 e. The molecule has 2 N–H and O–H groups in total. The predicted octanol–water partition coefficient (Wildman–Crippen LogP) is 1.16. The van der Waals surface area contributed by atoms with Crippen LogP contribution in [0.5, 0.6) is 0 Å². The summed E-state index contributed by atoms with van der Waals surface area (Å²) < 4.78 is 5.71. The zero-order valence-corrected chi connectivity index (χ0v) is 16.1. The van der Waals surface area contributed by atoms with Gasteiger partial charge in [0.05, 0.1) is 12.2 Å². The standard InChI is InChI=1S/C20H31N3O3/c1-16-4-6-17(7-5-16)23-10-8-20(25,9-11-23)15-22-12-13-26-19(2,14-22)18(24)21-3/h4-7,25H,8-15H2,1-3H3,(H,21,24). The van der Waals surface area contributed by atoms with Crippen molar-refractivity contribution in [1.29, 1.82) is 0 Å². The summed E-state index contributed by atoms with van der Waals surface area (Å²) in [5.41, 5.74) is 0.929. The molecule has 0 aliphatic carbocycles. The molecule has 26 heavy (non-hydrogen) atoms. The van der Waals surface area contributed by atoms with Crippen molar-refractivity contribution in [2.45, 2.75) is 37.9 Å². The molecular formula is C20H31N3O3. The van der Waals surface area contributed by atoms with Crippen LogP contribution < -0.4 is 10.2 Å². The van der Waals surface area contributed by atoms with Gasteiger partial charge in [-0.1, -0.05) is 17.7 Å². The third-order valence-corrected chi connectivity index (χ3v) is 5.67. The Morgan fingerprint density at radius 1 is 1.23 bits per heavy atom. The minimum atomic E-state index is -0.841. The lowest BCUT2D eigenvalue weighted by Crippen LogP contribution is -2.61. The number of nitrogens with zero attached hydrogens (tertiary/aromatic N) is 2. The van der Waals surface area contributed by atoms with Crippen molar-refractivity contribution in [3.63, 3.8) is 0 Å². The molecule has 3 rings (SSSR count). The van der Waals surface area contributed by atoms with Crippen molar-refractivity contribution >= 4 is 11.6 Å². The summed E-state index contributed by atoms with van der Waals surface area (Å²) in [7, 11) is 1.63. The molecule has 6 heteroatoms. The van der Waals surface area contributed by atoms with E-state index < -0.39 is 11.2 Å². The molecule has 2 heterocycles. The van der Waals surface area contributed by atoms with Crippen LogP contribution in [-0.2, 0) is 9.53 Å². The molecule has 1 amide bonds. The smallest absolute Gasteiger partial charge is 0.253 e. The SMILES string of the molecule is CNC(=O)C1(C)CN(CC2(O)CCN(c3ccc(C)cc3)CC2)CCO1. The highest BCUT2D eigenvalue weighted by Gasteiger charge is 2.42. The Hall–Kier alpha value is -1.63. The summed E-state index contributed by atoms with van der Waals surface area (Å²) >= 11 is 0. The van der Waals surface area contributed by atoms with E-state index in [1.165, 1.54) is 11.3 Å². The van der Waals surface area contributed by atoms with Crippen LogP contribution >= 0.6 is 0 Å². The first-order chi connectivity index (χ1) is 12.3. The number of ether oxygens (including phenoxy) is 1. The van der Waals surface area contributed by atoms with Crippen LogP contribution in [0.4, 0.5) is 5.69 Å². The van der Waals surface area contributed by atoms with Gasteiger partial charge in [0, 0.05) is 45.5 Å². The van der Waals surface area contributed by atoms with Crippen LogP contribution in [0.2, 0.25) is 0 Å². The van der Waals surface area contributed by atoms with Gasteiger partial charge in [-0.25, -0.2) is 0 Å². The van der Waals surface area contributed by atoms with E-state index in [4.69, 9.17) is 4.74 Å². The Bertz CT molecular complexity index is 626. The molecule has 1 aromatic rings. The first-order valence-corrected chi connectivity index (χ1v) is 9.46. The van der Waals surface area contributed by atoms with Crippen LogP contribution in [0.25, 0.3) is 0 Å². The molecule has 2 saturated heterocycles. The number of carbonyl (C=O) groups is 1. The third kappa shape index (κ3) is 4.19. The minimum absolute atomic E-state index is 0.108. The van der Waals surface area contributed by atoms with E-state index in [0.717, 1.165) is 32.5 Å². The van der Waals surface area contributed by atoms with Crippen molar-refractivity contribution in [1.82, 2.24) is 10.2 Å². The number of aryl methyl sites for hydroxylation is 1. The highest BCUT2D eigenvalue weighted by atomic mass is 16.5. The predicted molar refractivity (Wildman–Crippen MR) is 102 cm³/mol. The van der Waals surface area contributed by atoms with Gasteiger partial charge in [-0.15, -0.1) is 0 Å². The number of carbonyl (C=O) groups excluding carboxylic acids is 1. The molecule has 0 bridgehead atoms. The fourth-order valence-corrected chi connectivity index (χ4v) is 4.00. The summed E-state index contributed by atoms with van der Waals surface area (Å²) in [4.78, 5) is 16.6. The van der Waals surface area contributed by atoms with E-state index in [0.29, 0.717) is 19.7 Å². The van der Waals surface area contributed by atoms with Gasteiger partial charge in [-0.2, -0.15) is 0 Å². The fraction of sp³-hybridized carbons (Fsp3) is 0.650. The number of hydrogen-bond acceptors (Lipinski definition) is 5. The molecule has 0 saturated carbocycles. The maximum absolute atomic E-state index is 12.1. The maximum Gasteiger partial charge on any atom is 0.253 e. The molecule has 0 radical (unpaired) electrons. The number of aliphatic hydroxyl groups is 1. The van der Waals surface area contributed by atoms with Gasteiger partial charge < -0.3 is 20.1 Å². The van der Waals surface area contributed by atoms with Crippen molar-refractivity contribution in [2.75, 3.05) is 51.3 Å². The minimum Gasteiger partial charge on any atom is -0.388 e. The van der Waals surface area contributed by atoms with Crippen LogP contribution in [0.3, 0.4) is 0 Å². The zero-order chi connectivity index (χ0) is 18.8. The number of anilines is 1. The summed E-state index contributed by atoms with van der Waals surface area (Å²) in [5, 5.41) is 13.8. The van der Waals surface area contributed by atoms with Gasteiger partial charge in [0.1, 0.15) is 0 Å². The number of morpholine rings is 1. The van der Waals surface area contributed by atoms with Gasteiger partial charge in [0.2, 0.25) is 0 Å². The van der Waals surface area contributed by atoms with E-state index in [2.05, 4.69) is 46.3 Å². The number of nitrogens with one attached hydrogen (secondary N) is 1. The van der Waals surface area contributed by atoms with Crippen molar-refractivity contribution in [3.8, 4) is 0 Å². The molecule has 1 atom stereocenters. The quantitative estimate of drug-likeness (QED) is 0.843. The second-order valence-electron chi connectivity index (χ2n) is 7.92. The van der Waals surface area contributed by atoms with E-state index in [1.807, 2.05) is 6.92 Å². The van der Waals surface area contributed by atoms with E-state index >= 15 is 0 Å². The molecule has 1 unspecified atom stereocenters. The zero-order valence-electron chi connectivity index (χ0n) is 16.1. The molecule has 144 valence electrons. The van der Waals surface area contributed by atoms with Gasteiger partial charge in [0.25, 0.3) is 5.91 Å². The lowest BCUT2D eigenvalue weighted by molar-refractivity contribution is -0.159. The number of hydrogen-bond donors (Lipinski definition) is 2. The number of piperidine rings is 1. The average Bonchev–Trinajstić information content (AvgIpc) is 2.62. The van der Waals surface area contributed by atoms with Crippen molar-refractivity contribution < 1.29 is 14.6 Å². The Labute approximate surface area is 156 Å². The Kier molecular flexibility index (Phi) is 5.55. The fourth-order valence-electron chi connectivity index (χ4n) is 4.00. The van der Waals surface area contributed by atoms with Gasteiger partial charge >= 0.3 is 0 Å². The van der Waals surface area contributed by atoms with Gasteiger partial charge in [-0.3, -0.25) is 9.69 Å². The van der Waals surface area contributed by atoms with Crippen LogP contribution in [0, 0.1) is 6.92 Å². The lowest BCUT2D eigenvalue weighted by atomic mass is 9.89.